The molecule has 0 aliphatic rings. The molecule has 0 bridgehead atoms. The number of hydrogen-bond acceptors (Lipinski definition) is 2. The van der Waals surface area contributed by atoms with E-state index in [-0.39, 0.29) is 20.4 Å². The number of aliphatic carboxylic acids is 2. The van der Waals surface area contributed by atoms with Crippen LogP contribution < -0.4 is 0 Å². The van der Waals surface area contributed by atoms with Gasteiger partial charge in [0.2, 0.25) is 0 Å². The topological polar surface area (TPSA) is 74.6 Å². The Morgan fingerprint density at radius 2 is 0.938 bits per heavy atom. The summed E-state index contributed by atoms with van der Waals surface area (Å²) in [4.78, 5) is 19.2. The molecule has 2 N–H and O–H groups in total. The van der Waals surface area contributed by atoms with Gasteiger partial charge in [0.05, 0.1) is 0 Å². The normalized spacial score (nSPS) is 12.9. The summed E-state index contributed by atoms with van der Waals surface area (Å²) >= 11 is 0. The van der Waals surface area contributed by atoms with Gasteiger partial charge in [0.25, 0.3) is 0 Å². The first kappa shape index (κ1) is 17.6. The van der Waals surface area contributed by atoms with Crippen molar-refractivity contribution < 1.29 is 66.6 Å². The standard InChI is InChI=1S/C5H2F6O4.Pd/c6-3(7,1(12)13)5(10,11)4(8,9)2(14)15;/h(H,12,13)(H,14,15);. The van der Waals surface area contributed by atoms with E-state index in [9.17, 15) is 35.9 Å². The number of carbonyl (C=O) groups is 2. The van der Waals surface area contributed by atoms with Gasteiger partial charge in [0.15, 0.2) is 0 Å². The maximum Gasteiger partial charge on any atom is 0.411 e. The Kier molecular flexibility index (Phi) is 5.04. The molecule has 4 nitrogen and oxygen atoms in total. The van der Waals surface area contributed by atoms with Crippen LogP contribution in [0.25, 0.3) is 0 Å². The van der Waals surface area contributed by atoms with Crippen LogP contribution in [-0.2, 0) is 30.0 Å². The van der Waals surface area contributed by atoms with Crippen molar-refractivity contribution in [1.82, 2.24) is 0 Å². The largest absolute Gasteiger partial charge is 0.477 e. The Labute approximate surface area is 96.9 Å². The minimum absolute atomic E-state index is 0. The van der Waals surface area contributed by atoms with Gasteiger partial charge in [-0.15, -0.1) is 0 Å². The first-order valence-electron chi connectivity index (χ1n) is 2.99. The van der Waals surface area contributed by atoms with E-state index in [1.165, 1.54) is 0 Å². The van der Waals surface area contributed by atoms with Crippen LogP contribution in [0.4, 0.5) is 26.3 Å². The zero-order chi connectivity index (χ0) is 12.7. The van der Waals surface area contributed by atoms with Gasteiger partial charge in [0.1, 0.15) is 0 Å². The molecule has 0 aliphatic heterocycles. The van der Waals surface area contributed by atoms with E-state index in [4.69, 9.17) is 10.2 Å². The molecule has 0 spiro atoms. The van der Waals surface area contributed by atoms with Crippen molar-refractivity contribution in [2.45, 2.75) is 17.8 Å². The molecule has 16 heavy (non-hydrogen) atoms. The van der Waals surface area contributed by atoms with E-state index in [2.05, 4.69) is 0 Å². The molecule has 11 heteroatoms. The Hall–Kier alpha value is -0.818. The molecule has 0 radical (unpaired) electrons. The minimum atomic E-state index is -6.53. The summed E-state index contributed by atoms with van der Waals surface area (Å²) in [6.07, 6.45) is 0. The molecule has 0 saturated heterocycles. The molecule has 0 saturated carbocycles. The van der Waals surface area contributed by atoms with E-state index in [1.807, 2.05) is 0 Å². The van der Waals surface area contributed by atoms with Crippen molar-refractivity contribution in [1.29, 1.82) is 0 Å². The molecule has 0 fully saturated rings. The summed E-state index contributed by atoms with van der Waals surface area (Å²) in [5.74, 6) is -26.0. The average Bonchev–Trinajstić information content (AvgIpc) is 2.02. The predicted molar refractivity (Wildman–Crippen MR) is 30.1 cm³/mol. The number of alkyl halides is 6. The van der Waals surface area contributed by atoms with Crippen LogP contribution in [0.2, 0.25) is 0 Å². The van der Waals surface area contributed by atoms with Gasteiger partial charge in [-0.05, 0) is 0 Å². The Balaban J connectivity index is 0. The quantitative estimate of drug-likeness (QED) is 0.590. The van der Waals surface area contributed by atoms with Gasteiger partial charge in [-0.3, -0.25) is 0 Å². The van der Waals surface area contributed by atoms with Crippen LogP contribution >= 0.6 is 0 Å². The molecule has 0 amide bonds. The molecule has 0 rings (SSSR count). The van der Waals surface area contributed by atoms with Gasteiger partial charge in [-0.2, -0.15) is 26.3 Å². The summed E-state index contributed by atoms with van der Waals surface area (Å²) in [5, 5.41) is 15.1. The maximum absolute atomic E-state index is 12.2. The van der Waals surface area contributed by atoms with Crippen LogP contribution in [0.1, 0.15) is 0 Å². The monoisotopic (exact) mass is 346 g/mol. The summed E-state index contributed by atoms with van der Waals surface area (Å²) in [6, 6.07) is 0. The van der Waals surface area contributed by atoms with Crippen LogP contribution in [0.3, 0.4) is 0 Å². The molecule has 0 heterocycles. The van der Waals surface area contributed by atoms with Gasteiger partial charge < -0.3 is 10.2 Å². The zero-order valence-electron chi connectivity index (χ0n) is 6.79. The number of carboxylic acids is 2. The van der Waals surface area contributed by atoms with E-state index >= 15 is 0 Å². The summed E-state index contributed by atoms with van der Waals surface area (Å²) < 4.78 is 72.8. The molecular formula is C5H2F6O4Pd. The van der Waals surface area contributed by atoms with Gasteiger partial charge in [0, 0.05) is 20.4 Å². The zero-order valence-corrected chi connectivity index (χ0v) is 8.35. The molecule has 0 aliphatic carbocycles. The average molecular weight is 346 g/mol. The SMILES string of the molecule is O=C(O)C(F)(F)C(F)(F)C(F)(F)C(=O)O.[Pd]. The third-order valence-corrected chi connectivity index (χ3v) is 1.33. The summed E-state index contributed by atoms with van der Waals surface area (Å²) in [5.41, 5.74) is 0. The first-order chi connectivity index (χ1) is 6.39. The number of halogens is 6. The van der Waals surface area contributed by atoms with Crippen molar-refractivity contribution >= 4 is 11.9 Å². The first-order valence-corrected chi connectivity index (χ1v) is 2.99. The Bertz CT molecular complexity index is 275. The fourth-order valence-electron chi connectivity index (χ4n) is 0.466. The van der Waals surface area contributed by atoms with Crippen LogP contribution in [-0.4, -0.2) is 39.9 Å². The second-order valence-electron chi connectivity index (χ2n) is 2.33. The fourth-order valence-corrected chi connectivity index (χ4v) is 0.466. The van der Waals surface area contributed by atoms with Crippen LogP contribution in [0.5, 0.6) is 0 Å². The van der Waals surface area contributed by atoms with Crippen LogP contribution in [0.15, 0.2) is 0 Å². The smallest absolute Gasteiger partial charge is 0.411 e. The van der Waals surface area contributed by atoms with Crippen molar-refractivity contribution in [2.75, 3.05) is 0 Å². The second kappa shape index (κ2) is 4.59. The van der Waals surface area contributed by atoms with Crippen molar-refractivity contribution in [3.05, 3.63) is 0 Å². The van der Waals surface area contributed by atoms with Gasteiger partial charge in [-0.25, -0.2) is 9.59 Å². The molecule has 0 aromatic rings. The number of rotatable bonds is 4. The molecule has 0 aromatic carbocycles. The second-order valence-corrected chi connectivity index (χ2v) is 2.33. The Morgan fingerprint density at radius 1 is 0.750 bits per heavy atom. The molecule has 0 aromatic heterocycles. The fraction of sp³-hybridized carbons (Fsp3) is 0.600. The van der Waals surface area contributed by atoms with Crippen LogP contribution in [0, 0.1) is 0 Å². The van der Waals surface area contributed by atoms with E-state index < -0.39 is 29.7 Å². The number of hydrogen-bond donors (Lipinski definition) is 2. The minimum Gasteiger partial charge on any atom is -0.477 e. The molecular weight excluding hydrogens is 344 g/mol. The molecule has 98 valence electrons. The van der Waals surface area contributed by atoms with E-state index in [0.717, 1.165) is 0 Å². The number of carboxylic acid groups (broad SMARTS) is 2. The van der Waals surface area contributed by atoms with Crippen molar-refractivity contribution in [2.24, 2.45) is 0 Å². The molecule has 0 atom stereocenters. The van der Waals surface area contributed by atoms with E-state index in [1.54, 1.807) is 0 Å². The Morgan fingerprint density at radius 3 is 1.06 bits per heavy atom. The van der Waals surface area contributed by atoms with Gasteiger partial charge >= 0.3 is 29.7 Å². The van der Waals surface area contributed by atoms with E-state index in [0.29, 0.717) is 0 Å². The molecule has 0 unspecified atom stereocenters. The predicted octanol–water partition coefficient (Wildman–Crippen LogP) is 1.06. The third-order valence-electron chi connectivity index (χ3n) is 1.33. The van der Waals surface area contributed by atoms with Gasteiger partial charge in [-0.1, -0.05) is 0 Å². The summed E-state index contributed by atoms with van der Waals surface area (Å²) in [6.45, 7) is 0. The van der Waals surface area contributed by atoms with Crippen molar-refractivity contribution in [3.63, 3.8) is 0 Å². The maximum atomic E-state index is 12.2. The third kappa shape index (κ3) is 2.30. The summed E-state index contributed by atoms with van der Waals surface area (Å²) in [7, 11) is 0. The van der Waals surface area contributed by atoms with Crippen molar-refractivity contribution in [3.8, 4) is 0 Å².